The van der Waals surface area contributed by atoms with Crippen molar-refractivity contribution in [3.05, 3.63) is 80.8 Å². The lowest BCUT2D eigenvalue weighted by Crippen LogP contribution is -2.42. The van der Waals surface area contributed by atoms with Crippen molar-refractivity contribution in [1.29, 1.82) is 0 Å². The van der Waals surface area contributed by atoms with Crippen LogP contribution in [0.4, 0.5) is 0 Å². The fourth-order valence-corrected chi connectivity index (χ4v) is 5.01. The summed E-state index contributed by atoms with van der Waals surface area (Å²) in [7, 11) is 1.83. The minimum atomic E-state index is -0.486. The van der Waals surface area contributed by atoms with Crippen LogP contribution in [0.25, 0.3) is 0 Å². The quantitative estimate of drug-likeness (QED) is 0.615. The molecule has 1 atom stereocenters. The van der Waals surface area contributed by atoms with Crippen molar-refractivity contribution < 1.29 is 9.59 Å². The highest BCUT2D eigenvalue weighted by molar-refractivity contribution is 6.42. The van der Waals surface area contributed by atoms with Crippen molar-refractivity contribution in [2.45, 2.75) is 44.7 Å². The van der Waals surface area contributed by atoms with Gasteiger partial charge in [0.25, 0.3) is 5.91 Å². The van der Waals surface area contributed by atoms with Gasteiger partial charge in [0.05, 0.1) is 28.0 Å². The molecule has 0 N–H and O–H groups in total. The lowest BCUT2D eigenvalue weighted by Gasteiger charge is -2.33. The van der Waals surface area contributed by atoms with Gasteiger partial charge in [0.15, 0.2) is 0 Å². The first-order valence-corrected chi connectivity index (χ1v) is 11.3. The van der Waals surface area contributed by atoms with E-state index < -0.39 is 6.04 Å². The molecule has 0 saturated heterocycles. The zero-order valence-corrected chi connectivity index (χ0v) is 19.5. The van der Waals surface area contributed by atoms with E-state index >= 15 is 0 Å². The Bertz CT molecular complexity index is 1060. The summed E-state index contributed by atoms with van der Waals surface area (Å²) < 4.78 is 0. The molecule has 2 aliphatic heterocycles. The zero-order valence-electron chi connectivity index (χ0n) is 18.0. The van der Waals surface area contributed by atoms with Gasteiger partial charge in [0, 0.05) is 19.2 Å². The first-order chi connectivity index (χ1) is 14.7. The molecule has 4 rings (SSSR count). The molecule has 2 aliphatic rings. The Hall–Kier alpha value is -2.30. The molecule has 0 radical (unpaired) electrons. The smallest absolute Gasteiger partial charge is 0.252 e. The summed E-state index contributed by atoms with van der Waals surface area (Å²) in [4.78, 5) is 30.6. The van der Waals surface area contributed by atoms with Crippen LogP contribution in [-0.2, 0) is 16.0 Å². The van der Waals surface area contributed by atoms with Crippen LogP contribution in [-0.4, -0.2) is 40.7 Å². The van der Waals surface area contributed by atoms with Crippen LogP contribution in [0.15, 0.2) is 59.7 Å². The summed E-state index contributed by atoms with van der Waals surface area (Å²) >= 11 is 12.5. The molecule has 0 aliphatic carbocycles. The second-order valence-electron chi connectivity index (χ2n) is 8.74. The van der Waals surface area contributed by atoms with Gasteiger partial charge >= 0.3 is 0 Å². The molecule has 0 bridgehead atoms. The second kappa shape index (κ2) is 8.33. The number of halogens is 2. The Morgan fingerprint density at radius 1 is 1.10 bits per heavy atom. The van der Waals surface area contributed by atoms with Gasteiger partial charge in [-0.25, -0.2) is 0 Å². The first kappa shape index (κ1) is 21.9. The Balaban J connectivity index is 1.83. The van der Waals surface area contributed by atoms with Crippen LogP contribution < -0.4 is 0 Å². The van der Waals surface area contributed by atoms with Gasteiger partial charge in [-0.1, -0.05) is 59.6 Å². The molecule has 6 heteroatoms. The third kappa shape index (κ3) is 3.88. The van der Waals surface area contributed by atoms with Crippen molar-refractivity contribution in [3.8, 4) is 0 Å². The standard InChI is InChI=1S/C25H26Cl2N2O2/c1-25(2)18-10-7-13-29(21(30)14-16-8-5-4-6-9-16)23(22(18)24(31)28(25)3)17-11-12-19(26)20(27)15-17/h4-6,8-9,11-12,15,23H,7,10,13-14H2,1-3H3. The molecule has 0 spiro atoms. The number of amides is 2. The summed E-state index contributed by atoms with van der Waals surface area (Å²) in [6.45, 7) is 4.72. The van der Waals surface area contributed by atoms with E-state index in [1.807, 2.05) is 48.3 Å². The van der Waals surface area contributed by atoms with Crippen LogP contribution >= 0.6 is 23.2 Å². The van der Waals surface area contributed by atoms with E-state index in [9.17, 15) is 9.59 Å². The number of carbonyl (C=O) groups is 2. The molecule has 2 aromatic carbocycles. The topological polar surface area (TPSA) is 40.6 Å². The minimum Gasteiger partial charge on any atom is -0.333 e. The number of carbonyl (C=O) groups excluding carboxylic acids is 2. The Morgan fingerprint density at radius 3 is 2.48 bits per heavy atom. The van der Waals surface area contributed by atoms with E-state index in [0.717, 1.165) is 29.5 Å². The Morgan fingerprint density at radius 2 is 1.81 bits per heavy atom. The largest absolute Gasteiger partial charge is 0.333 e. The fourth-order valence-electron chi connectivity index (χ4n) is 4.70. The van der Waals surface area contributed by atoms with E-state index in [1.165, 1.54) is 0 Å². The molecule has 4 nitrogen and oxygen atoms in total. The van der Waals surface area contributed by atoms with E-state index in [2.05, 4.69) is 13.8 Å². The van der Waals surface area contributed by atoms with E-state index in [1.54, 1.807) is 17.0 Å². The lowest BCUT2D eigenvalue weighted by atomic mass is 9.87. The van der Waals surface area contributed by atoms with E-state index in [-0.39, 0.29) is 23.8 Å². The van der Waals surface area contributed by atoms with Crippen molar-refractivity contribution in [3.63, 3.8) is 0 Å². The average molecular weight is 457 g/mol. The van der Waals surface area contributed by atoms with Gasteiger partial charge in [-0.15, -0.1) is 0 Å². The number of nitrogens with zero attached hydrogens (tertiary/aromatic N) is 2. The van der Waals surface area contributed by atoms with Crippen molar-refractivity contribution in [2.75, 3.05) is 13.6 Å². The summed E-state index contributed by atoms with van der Waals surface area (Å²) in [6.07, 6.45) is 1.88. The monoisotopic (exact) mass is 456 g/mol. The number of hydrogen-bond acceptors (Lipinski definition) is 2. The SMILES string of the molecule is CN1C(=O)C2=C(CCCN(C(=O)Cc3ccccc3)C2c2ccc(Cl)c(Cl)c2)C1(C)C. The van der Waals surface area contributed by atoms with E-state index in [4.69, 9.17) is 23.2 Å². The number of benzene rings is 2. The molecule has 0 fully saturated rings. The number of hydrogen-bond donors (Lipinski definition) is 0. The molecular formula is C25H26Cl2N2O2. The summed E-state index contributed by atoms with van der Waals surface area (Å²) in [5.74, 6) is -0.0355. The Labute approximate surface area is 193 Å². The summed E-state index contributed by atoms with van der Waals surface area (Å²) in [5, 5.41) is 0.865. The normalized spacial score (nSPS) is 20.7. The summed E-state index contributed by atoms with van der Waals surface area (Å²) in [6, 6.07) is 14.6. The maximum atomic E-state index is 13.5. The maximum absolute atomic E-state index is 13.5. The minimum absolute atomic E-state index is 0.00354. The third-order valence-corrected chi connectivity index (χ3v) is 7.37. The molecule has 2 heterocycles. The van der Waals surface area contributed by atoms with Crippen LogP contribution in [0.5, 0.6) is 0 Å². The van der Waals surface area contributed by atoms with Gasteiger partial charge in [-0.05, 0) is 55.5 Å². The fraction of sp³-hybridized carbons (Fsp3) is 0.360. The second-order valence-corrected chi connectivity index (χ2v) is 9.56. The average Bonchev–Trinajstić information content (AvgIpc) is 2.89. The molecule has 162 valence electrons. The van der Waals surface area contributed by atoms with Crippen molar-refractivity contribution in [1.82, 2.24) is 9.80 Å². The van der Waals surface area contributed by atoms with Crippen LogP contribution in [0.2, 0.25) is 10.0 Å². The predicted octanol–water partition coefficient (Wildman–Crippen LogP) is 5.45. The van der Waals surface area contributed by atoms with Gasteiger partial charge in [-0.2, -0.15) is 0 Å². The van der Waals surface area contributed by atoms with Crippen LogP contribution in [0.1, 0.15) is 43.9 Å². The van der Waals surface area contributed by atoms with E-state index in [0.29, 0.717) is 22.2 Å². The molecule has 1 unspecified atom stereocenters. The lowest BCUT2D eigenvalue weighted by molar-refractivity contribution is -0.133. The van der Waals surface area contributed by atoms with Crippen molar-refractivity contribution in [2.24, 2.45) is 0 Å². The Kier molecular flexibility index (Phi) is 5.89. The van der Waals surface area contributed by atoms with Crippen LogP contribution in [0.3, 0.4) is 0 Å². The molecule has 31 heavy (non-hydrogen) atoms. The number of likely N-dealkylation sites (N-methyl/N-ethyl adjacent to an activating group) is 1. The zero-order chi connectivity index (χ0) is 22.3. The highest BCUT2D eigenvalue weighted by Gasteiger charge is 2.48. The third-order valence-electron chi connectivity index (χ3n) is 6.63. The molecule has 0 saturated carbocycles. The molecule has 2 aromatic rings. The van der Waals surface area contributed by atoms with Crippen molar-refractivity contribution >= 4 is 35.0 Å². The van der Waals surface area contributed by atoms with Gasteiger partial charge in [0.1, 0.15) is 0 Å². The predicted molar refractivity (Wildman–Crippen MR) is 124 cm³/mol. The number of rotatable bonds is 3. The maximum Gasteiger partial charge on any atom is 0.252 e. The first-order valence-electron chi connectivity index (χ1n) is 10.5. The van der Waals surface area contributed by atoms with Gasteiger partial charge < -0.3 is 9.80 Å². The highest BCUT2D eigenvalue weighted by Crippen LogP contribution is 2.46. The highest BCUT2D eigenvalue weighted by atomic mass is 35.5. The van der Waals surface area contributed by atoms with Gasteiger partial charge in [-0.3, -0.25) is 9.59 Å². The molecule has 2 amide bonds. The summed E-state index contributed by atoms with van der Waals surface area (Å²) in [5.41, 5.74) is 3.17. The molecular weight excluding hydrogens is 431 g/mol. The molecule has 0 aromatic heterocycles. The van der Waals surface area contributed by atoms with Crippen LogP contribution in [0, 0.1) is 0 Å². The van der Waals surface area contributed by atoms with Gasteiger partial charge in [0.2, 0.25) is 5.91 Å².